The van der Waals surface area contributed by atoms with Crippen LogP contribution in [0, 0.1) is 17.7 Å². The van der Waals surface area contributed by atoms with Gasteiger partial charge in [-0.1, -0.05) is 27.7 Å². The molecule has 29 heavy (non-hydrogen) atoms. The molecule has 1 saturated heterocycles. The highest BCUT2D eigenvalue weighted by molar-refractivity contribution is 6.18. The summed E-state index contributed by atoms with van der Waals surface area (Å²) in [5.41, 5.74) is -3.52. The molecule has 1 aromatic rings. The summed E-state index contributed by atoms with van der Waals surface area (Å²) in [4.78, 5) is 49.3. The topological polar surface area (TPSA) is 117 Å². The van der Waals surface area contributed by atoms with Crippen LogP contribution in [0.1, 0.15) is 40.3 Å². The lowest BCUT2D eigenvalue weighted by molar-refractivity contribution is -0.176. The van der Waals surface area contributed by atoms with Crippen LogP contribution in [0.15, 0.2) is 15.8 Å². The highest BCUT2D eigenvalue weighted by Gasteiger charge is 2.53. The molecule has 1 aliphatic heterocycles. The van der Waals surface area contributed by atoms with Gasteiger partial charge in [0.25, 0.3) is 5.56 Å². The highest BCUT2D eigenvalue weighted by Crippen LogP contribution is 2.40. The van der Waals surface area contributed by atoms with Crippen LogP contribution in [0.3, 0.4) is 0 Å². The highest BCUT2D eigenvalue weighted by atomic mass is 35.5. The third-order valence-electron chi connectivity index (χ3n) is 4.49. The molecule has 3 atom stereocenters. The SMILES string of the molecule is CC(C)C(=O)OC[C@@]1(CCl)O[C@@H](n2cc(F)c(=O)[nH]c2=O)C[C@@H]1OC(=O)C(C)C. The van der Waals surface area contributed by atoms with Gasteiger partial charge in [0, 0.05) is 6.42 Å². The van der Waals surface area contributed by atoms with E-state index in [1.807, 2.05) is 4.98 Å². The van der Waals surface area contributed by atoms with Gasteiger partial charge < -0.3 is 14.2 Å². The first-order valence-electron chi connectivity index (χ1n) is 9.12. The minimum Gasteiger partial charge on any atom is -0.462 e. The second kappa shape index (κ2) is 9.08. The number of aromatic amines is 1. The Morgan fingerprint density at radius 3 is 2.48 bits per heavy atom. The minimum atomic E-state index is -1.45. The van der Waals surface area contributed by atoms with E-state index in [0.717, 1.165) is 4.57 Å². The third kappa shape index (κ3) is 5.05. The summed E-state index contributed by atoms with van der Waals surface area (Å²) in [6, 6.07) is 0. The molecule has 0 bridgehead atoms. The first-order chi connectivity index (χ1) is 13.5. The normalized spacial score (nSPS) is 24.1. The van der Waals surface area contributed by atoms with Crippen molar-refractivity contribution >= 4 is 23.5 Å². The Morgan fingerprint density at radius 1 is 1.31 bits per heavy atom. The molecule has 1 aliphatic rings. The van der Waals surface area contributed by atoms with Crippen molar-refractivity contribution in [1.29, 1.82) is 0 Å². The molecule has 2 rings (SSSR count). The Labute approximate surface area is 171 Å². The van der Waals surface area contributed by atoms with Crippen LogP contribution in [-0.2, 0) is 23.8 Å². The molecule has 162 valence electrons. The number of aromatic nitrogens is 2. The van der Waals surface area contributed by atoms with Gasteiger partial charge in [-0.3, -0.25) is 23.9 Å². The van der Waals surface area contributed by atoms with Gasteiger partial charge in [0.05, 0.1) is 23.9 Å². The number of carbonyl (C=O) groups is 2. The van der Waals surface area contributed by atoms with Crippen molar-refractivity contribution in [2.24, 2.45) is 11.8 Å². The molecule has 0 unspecified atom stereocenters. The molecule has 11 heteroatoms. The quantitative estimate of drug-likeness (QED) is 0.508. The number of halogens is 2. The number of nitrogens with zero attached hydrogens (tertiary/aromatic N) is 1. The van der Waals surface area contributed by atoms with Gasteiger partial charge in [0.1, 0.15) is 18.9 Å². The zero-order chi connectivity index (χ0) is 21.9. The van der Waals surface area contributed by atoms with Gasteiger partial charge in [-0.05, 0) is 0 Å². The maximum absolute atomic E-state index is 13.7. The number of alkyl halides is 1. The van der Waals surface area contributed by atoms with Gasteiger partial charge >= 0.3 is 17.6 Å². The van der Waals surface area contributed by atoms with Gasteiger partial charge in [-0.25, -0.2) is 4.79 Å². The molecule has 0 spiro atoms. The predicted octanol–water partition coefficient (Wildman–Crippen LogP) is 1.34. The van der Waals surface area contributed by atoms with Crippen LogP contribution in [0.4, 0.5) is 4.39 Å². The lowest BCUT2D eigenvalue weighted by Crippen LogP contribution is -2.49. The summed E-state index contributed by atoms with van der Waals surface area (Å²) < 4.78 is 31.2. The molecule has 1 N–H and O–H groups in total. The number of H-pyrrole nitrogens is 1. The zero-order valence-electron chi connectivity index (χ0n) is 16.6. The summed E-state index contributed by atoms with van der Waals surface area (Å²) in [6.45, 7) is 6.23. The van der Waals surface area contributed by atoms with Crippen molar-refractivity contribution in [3.05, 3.63) is 32.9 Å². The van der Waals surface area contributed by atoms with E-state index in [2.05, 4.69) is 0 Å². The van der Waals surface area contributed by atoms with Gasteiger partial charge in [-0.2, -0.15) is 4.39 Å². The number of rotatable bonds is 7. The van der Waals surface area contributed by atoms with Gasteiger partial charge in [-0.15, -0.1) is 11.6 Å². The van der Waals surface area contributed by atoms with E-state index >= 15 is 0 Å². The van der Waals surface area contributed by atoms with E-state index in [-0.39, 0.29) is 18.9 Å². The standard InChI is InChI=1S/C18H24ClFN2O7/c1-9(2)15(24)27-8-18(7-19)12(28-16(25)10(3)4)5-13(29-18)22-6-11(20)14(23)21-17(22)26/h6,9-10,12-13H,5,7-8H2,1-4H3,(H,21,23,26)/t12-,13+,18+/m0/s1. The average Bonchev–Trinajstić information content (AvgIpc) is 3.01. The average molecular weight is 435 g/mol. The van der Waals surface area contributed by atoms with Crippen molar-refractivity contribution in [1.82, 2.24) is 9.55 Å². The van der Waals surface area contributed by atoms with E-state index in [4.69, 9.17) is 25.8 Å². The van der Waals surface area contributed by atoms with Crippen LogP contribution in [0.5, 0.6) is 0 Å². The van der Waals surface area contributed by atoms with Crippen LogP contribution in [0.25, 0.3) is 0 Å². The molecule has 0 amide bonds. The smallest absolute Gasteiger partial charge is 0.330 e. The largest absolute Gasteiger partial charge is 0.462 e. The summed E-state index contributed by atoms with van der Waals surface area (Å²) in [6.07, 6.45) is -1.43. The van der Waals surface area contributed by atoms with E-state index in [0.29, 0.717) is 6.20 Å². The second-order valence-corrected chi connectivity index (χ2v) is 7.76. The fourth-order valence-corrected chi connectivity index (χ4v) is 3.02. The summed E-state index contributed by atoms with van der Waals surface area (Å²) >= 11 is 6.11. The molecule has 0 aliphatic carbocycles. The summed E-state index contributed by atoms with van der Waals surface area (Å²) in [5.74, 6) is -3.32. The first kappa shape index (κ1) is 23.1. The van der Waals surface area contributed by atoms with Crippen molar-refractivity contribution in [3.8, 4) is 0 Å². The molecular formula is C18H24ClFN2O7. The minimum absolute atomic E-state index is 0.0597. The van der Waals surface area contributed by atoms with Crippen LogP contribution < -0.4 is 11.2 Å². The molecule has 0 radical (unpaired) electrons. The molecular weight excluding hydrogens is 411 g/mol. The van der Waals surface area contributed by atoms with E-state index in [1.165, 1.54) is 0 Å². The Morgan fingerprint density at radius 2 is 1.93 bits per heavy atom. The van der Waals surface area contributed by atoms with Crippen LogP contribution >= 0.6 is 11.6 Å². The van der Waals surface area contributed by atoms with Gasteiger partial charge in [0.15, 0.2) is 5.60 Å². The molecule has 9 nitrogen and oxygen atoms in total. The number of esters is 2. The number of ether oxygens (including phenoxy) is 3. The molecule has 1 aromatic heterocycles. The van der Waals surface area contributed by atoms with Crippen molar-refractivity contribution in [2.75, 3.05) is 12.5 Å². The van der Waals surface area contributed by atoms with Crippen molar-refractivity contribution < 1.29 is 28.2 Å². The molecule has 1 fully saturated rings. The number of hydrogen-bond donors (Lipinski definition) is 1. The monoisotopic (exact) mass is 434 g/mol. The fraction of sp³-hybridized carbons (Fsp3) is 0.667. The number of nitrogens with one attached hydrogen (secondary N) is 1. The third-order valence-corrected chi connectivity index (χ3v) is 4.95. The number of carbonyl (C=O) groups excluding carboxylic acids is 2. The maximum atomic E-state index is 13.7. The lowest BCUT2D eigenvalue weighted by Gasteiger charge is -2.32. The van der Waals surface area contributed by atoms with E-state index in [9.17, 15) is 23.6 Å². The summed E-state index contributed by atoms with van der Waals surface area (Å²) in [5, 5.41) is 0. The van der Waals surface area contributed by atoms with Crippen molar-refractivity contribution in [3.63, 3.8) is 0 Å². The van der Waals surface area contributed by atoms with Crippen LogP contribution in [0.2, 0.25) is 0 Å². The van der Waals surface area contributed by atoms with E-state index < -0.39 is 58.8 Å². The zero-order valence-corrected chi connectivity index (χ0v) is 17.3. The summed E-state index contributed by atoms with van der Waals surface area (Å²) in [7, 11) is 0. The second-order valence-electron chi connectivity index (χ2n) is 7.49. The molecule has 0 aromatic carbocycles. The lowest BCUT2D eigenvalue weighted by atomic mass is 9.99. The number of hydrogen-bond acceptors (Lipinski definition) is 7. The molecule has 2 heterocycles. The van der Waals surface area contributed by atoms with Crippen molar-refractivity contribution in [2.45, 2.75) is 52.0 Å². The van der Waals surface area contributed by atoms with Gasteiger partial charge in [0.2, 0.25) is 5.82 Å². The van der Waals surface area contributed by atoms with Crippen LogP contribution in [-0.4, -0.2) is 45.7 Å². The molecule has 0 saturated carbocycles. The Hall–Kier alpha value is -2.20. The Bertz CT molecular complexity index is 882. The predicted molar refractivity (Wildman–Crippen MR) is 100.0 cm³/mol. The first-order valence-corrected chi connectivity index (χ1v) is 9.66. The fourth-order valence-electron chi connectivity index (χ4n) is 2.71. The van der Waals surface area contributed by atoms with E-state index in [1.54, 1.807) is 27.7 Å². The Balaban J connectivity index is 2.38. The Kier molecular flexibility index (Phi) is 7.23. The maximum Gasteiger partial charge on any atom is 0.330 e.